The molecule has 0 saturated heterocycles. The Hall–Kier alpha value is -2.58. The highest BCUT2D eigenvalue weighted by Crippen LogP contribution is 2.33. The largest absolute Gasteiger partial charge is 0.573 e. The molecular formula is C15H15F3N4O2. The van der Waals surface area contributed by atoms with Gasteiger partial charge in [0.05, 0.1) is 0 Å². The lowest BCUT2D eigenvalue weighted by Gasteiger charge is -2.31. The number of rotatable bonds is 3. The van der Waals surface area contributed by atoms with Gasteiger partial charge in [-0.15, -0.1) is 13.2 Å². The predicted octanol–water partition coefficient (Wildman–Crippen LogP) is 2.72. The number of amides is 1. The minimum Gasteiger partial charge on any atom is -0.406 e. The van der Waals surface area contributed by atoms with Gasteiger partial charge in [0, 0.05) is 12.2 Å². The van der Waals surface area contributed by atoms with Crippen LogP contribution in [0.1, 0.15) is 24.9 Å². The Balaban J connectivity index is 1.85. The zero-order valence-electron chi connectivity index (χ0n) is 12.8. The van der Waals surface area contributed by atoms with Crippen LogP contribution in [0.4, 0.5) is 18.9 Å². The average Bonchev–Trinajstić information content (AvgIpc) is 3.05. The Bertz CT molecular complexity index is 731. The average molecular weight is 340 g/mol. The maximum atomic E-state index is 12.7. The molecule has 2 heterocycles. The number of fused-ring (bicyclic) bond motifs is 1. The van der Waals surface area contributed by atoms with Gasteiger partial charge in [0.25, 0.3) is 5.91 Å². The maximum Gasteiger partial charge on any atom is 0.573 e. The first-order valence-corrected chi connectivity index (χ1v) is 7.39. The van der Waals surface area contributed by atoms with Crippen molar-refractivity contribution in [3.63, 3.8) is 0 Å². The summed E-state index contributed by atoms with van der Waals surface area (Å²) in [5, 5.41) is 3.96. The molecule has 1 aromatic heterocycles. The minimum absolute atomic E-state index is 0.189. The van der Waals surface area contributed by atoms with E-state index in [2.05, 4.69) is 14.8 Å². The van der Waals surface area contributed by atoms with Crippen LogP contribution in [0.5, 0.6) is 5.75 Å². The third-order valence-electron chi connectivity index (χ3n) is 3.86. The zero-order chi connectivity index (χ0) is 17.3. The van der Waals surface area contributed by atoms with Crippen LogP contribution in [0.25, 0.3) is 0 Å². The molecule has 0 radical (unpaired) electrons. The minimum atomic E-state index is -4.74. The first-order valence-electron chi connectivity index (χ1n) is 7.39. The number of nitrogens with zero attached hydrogens (tertiary/aromatic N) is 4. The fourth-order valence-corrected chi connectivity index (χ4v) is 2.76. The fraction of sp³-hybridized carbons (Fsp3) is 0.400. The van der Waals surface area contributed by atoms with Crippen LogP contribution in [0, 0.1) is 0 Å². The third-order valence-corrected chi connectivity index (χ3v) is 3.86. The van der Waals surface area contributed by atoms with Crippen molar-refractivity contribution in [3.8, 4) is 5.75 Å². The monoisotopic (exact) mass is 340 g/mol. The van der Waals surface area contributed by atoms with Gasteiger partial charge in [-0.3, -0.25) is 4.79 Å². The van der Waals surface area contributed by atoms with E-state index < -0.39 is 12.4 Å². The van der Waals surface area contributed by atoms with Crippen molar-refractivity contribution >= 4 is 11.6 Å². The molecule has 2 aromatic rings. The summed E-state index contributed by atoms with van der Waals surface area (Å²) >= 11 is 0. The lowest BCUT2D eigenvalue weighted by molar-refractivity contribution is -0.274. The van der Waals surface area contributed by atoms with Crippen LogP contribution in [0.2, 0.25) is 0 Å². The molecule has 24 heavy (non-hydrogen) atoms. The Labute approximate surface area is 135 Å². The smallest absolute Gasteiger partial charge is 0.406 e. The van der Waals surface area contributed by atoms with E-state index in [0.29, 0.717) is 30.6 Å². The molecule has 9 heteroatoms. The number of hydrogen-bond donors (Lipinski definition) is 0. The Morgan fingerprint density at radius 2 is 2.17 bits per heavy atom. The molecule has 0 fully saturated rings. The van der Waals surface area contributed by atoms with E-state index in [-0.39, 0.29) is 11.7 Å². The highest BCUT2D eigenvalue weighted by molar-refractivity contribution is 5.97. The molecule has 6 nitrogen and oxygen atoms in total. The second-order valence-corrected chi connectivity index (χ2v) is 5.48. The van der Waals surface area contributed by atoms with Gasteiger partial charge in [-0.25, -0.2) is 9.67 Å². The number of aryl methyl sites for hydroxylation is 1. The van der Waals surface area contributed by atoms with Crippen LogP contribution < -0.4 is 9.64 Å². The molecule has 0 spiro atoms. The number of halogens is 3. The van der Waals surface area contributed by atoms with Gasteiger partial charge in [0.15, 0.2) is 0 Å². The van der Waals surface area contributed by atoms with Crippen molar-refractivity contribution in [2.45, 2.75) is 32.2 Å². The standard InChI is InChI=1S/C15H15F3N4O2/c1-10(22-9-19-8-20-22)14(23)21-6-2-3-11-7-12(4-5-13(11)21)24-15(16,17)18/h4-5,7-10H,2-3,6H2,1H3. The summed E-state index contributed by atoms with van der Waals surface area (Å²) in [6.45, 7) is 2.21. The molecule has 0 N–H and O–H groups in total. The van der Waals surface area contributed by atoms with Crippen LogP contribution >= 0.6 is 0 Å². The van der Waals surface area contributed by atoms with Crippen molar-refractivity contribution in [2.75, 3.05) is 11.4 Å². The van der Waals surface area contributed by atoms with Crippen LogP contribution in [-0.4, -0.2) is 33.6 Å². The summed E-state index contributed by atoms with van der Waals surface area (Å²) in [7, 11) is 0. The van der Waals surface area contributed by atoms with Gasteiger partial charge in [0.2, 0.25) is 0 Å². The van der Waals surface area contributed by atoms with Gasteiger partial charge >= 0.3 is 6.36 Å². The van der Waals surface area contributed by atoms with E-state index in [9.17, 15) is 18.0 Å². The van der Waals surface area contributed by atoms with E-state index in [4.69, 9.17) is 0 Å². The zero-order valence-corrected chi connectivity index (χ0v) is 12.8. The molecule has 1 atom stereocenters. The van der Waals surface area contributed by atoms with E-state index in [0.717, 1.165) is 0 Å². The van der Waals surface area contributed by atoms with Crippen molar-refractivity contribution in [2.24, 2.45) is 0 Å². The first kappa shape index (κ1) is 16.3. The van der Waals surface area contributed by atoms with E-state index in [1.807, 2.05) is 0 Å². The van der Waals surface area contributed by atoms with Crippen molar-refractivity contribution in [3.05, 3.63) is 36.4 Å². The summed E-state index contributed by atoms with van der Waals surface area (Å²) in [4.78, 5) is 18.1. The molecule has 0 aliphatic carbocycles. The summed E-state index contributed by atoms with van der Waals surface area (Å²) in [6.07, 6.45) is -0.688. The number of benzene rings is 1. The molecular weight excluding hydrogens is 325 g/mol. The van der Waals surface area contributed by atoms with Gasteiger partial charge in [0.1, 0.15) is 24.4 Å². The molecule has 1 unspecified atom stereocenters. The Morgan fingerprint density at radius 3 is 2.83 bits per heavy atom. The van der Waals surface area contributed by atoms with Crippen LogP contribution in [0.3, 0.4) is 0 Å². The molecule has 0 bridgehead atoms. The van der Waals surface area contributed by atoms with Crippen LogP contribution in [-0.2, 0) is 11.2 Å². The van der Waals surface area contributed by atoms with Gasteiger partial charge in [-0.05, 0) is 43.5 Å². The summed E-state index contributed by atoms with van der Waals surface area (Å²) in [5.41, 5.74) is 1.26. The van der Waals surface area contributed by atoms with Crippen molar-refractivity contribution in [1.82, 2.24) is 14.8 Å². The maximum absolute atomic E-state index is 12.7. The Morgan fingerprint density at radius 1 is 1.38 bits per heavy atom. The topological polar surface area (TPSA) is 60.2 Å². The number of anilines is 1. The van der Waals surface area contributed by atoms with Crippen molar-refractivity contribution < 1.29 is 22.7 Å². The fourth-order valence-electron chi connectivity index (χ4n) is 2.76. The second-order valence-electron chi connectivity index (χ2n) is 5.48. The third kappa shape index (κ3) is 3.34. The predicted molar refractivity (Wildman–Crippen MR) is 78.5 cm³/mol. The number of aromatic nitrogens is 3. The number of alkyl halides is 3. The lowest BCUT2D eigenvalue weighted by atomic mass is 10.0. The number of hydrogen-bond acceptors (Lipinski definition) is 4. The lowest BCUT2D eigenvalue weighted by Crippen LogP contribution is -2.39. The van der Waals surface area contributed by atoms with E-state index in [1.54, 1.807) is 11.8 Å². The number of carbonyl (C=O) groups excluding carboxylic acids is 1. The summed E-state index contributed by atoms with van der Waals surface area (Å²) in [6, 6.07) is 3.49. The highest BCUT2D eigenvalue weighted by atomic mass is 19.4. The van der Waals surface area contributed by atoms with Crippen molar-refractivity contribution in [1.29, 1.82) is 0 Å². The van der Waals surface area contributed by atoms with Gasteiger partial charge in [-0.1, -0.05) is 0 Å². The number of carbonyl (C=O) groups is 1. The molecule has 1 aromatic carbocycles. The Kier molecular flexibility index (Phi) is 4.16. The van der Waals surface area contributed by atoms with E-state index >= 15 is 0 Å². The molecule has 1 amide bonds. The van der Waals surface area contributed by atoms with Gasteiger partial charge in [-0.2, -0.15) is 5.10 Å². The molecule has 128 valence electrons. The number of ether oxygens (including phenoxy) is 1. The SMILES string of the molecule is CC(C(=O)N1CCCc2cc(OC(F)(F)F)ccc21)n1cncn1. The highest BCUT2D eigenvalue weighted by Gasteiger charge is 2.32. The summed E-state index contributed by atoms with van der Waals surface area (Å²) in [5.74, 6) is -0.467. The quantitative estimate of drug-likeness (QED) is 0.862. The summed E-state index contributed by atoms with van der Waals surface area (Å²) < 4.78 is 42.4. The molecule has 0 saturated carbocycles. The van der Waals surface area contributed by atoms with Crippen LogP contribution in [0.15, 0.2) is 30.9 Å². The normalized spacial score (nSPS) is 15.8. The van der Waals surface area contributed by atoms with Gasteiger partial charge < -0.3 is 9.64 Å². The molecule has 3 rings (SSSR count). The molecule has 1 aliphatic heterocycles. The first-order chi connectivity index (χ1) is 11.3. The van der Waals surface area contributed by atoms with E-state index in [1.165, 1.54) is 35.5 Å². The molecule has 1 aliphatic rings. The second kappa shape index (κ2) is 6.14.